The molecule has 0 atom stereocenters. The number of ether oxygens (including phenoxy) is 1. The van der Waals surface area contributed by atoms with Crippen molar-refractivity contribution in [1.82, 2.24) is 4.90 Å². The highest BCUT2D eigenvalue weighted by atomic mass is 32.2. The molecular weight excluding hydrogens is 460 g/mol. The van der Waals surface area contributed by atoms with Gasteiger partial charge in [0.25, 0.3) is 10.0 Å². The first-order valence-corrected chi connectivity index (χ1v) is 13.5. The maximum absolute atomic E-state index is 13.5. The summed E-state index contributed by atoms with van der Waals surface area (Å²) in [6.45, 7) is 3.44. The topological polar surface area (TPSA) is 66.9 Å². The Labute approximate surface area is 208 Å². The van der Waals surface area contributed by atoms with Gasteiger partial charge in [-0.25, -0.2) is 8.42 Å². The number of benzene rings is 3. The molecule has 3 aromatic rings. The maximum atomic E-state index is 13.5. The summed E-state index contributed by atoms with van der Waals surface area (Å²) in [4.78, 5) is 15.2. The predicted molar refractivity (Wildman–Crippen MR) is 138 cm³/mol. The lowest BCUT2D eigenvalue weighted by Gasteiger charge is -2.34. The maximum Gasteiger partial charge on any atom is 0.264 e. The molecule has 0 spiro atoms. The quantitative estimate of drug-likeness (QED) is 0.432. The van der Waals surface area contributed by atoms with Gasteiger partial charge in [0.05, 0.1) is 17.2 Å². The molecule has 1 aliphatic rings. The molecule has 184 valence electrons. The number of nitrogens with zero attached hydrogens (tertiary/aromatic N) is 2. The van der Waals surface area contributed by atoms with E-state index in [-0.39, 0.29) is 17.3 Å². The summed E-state index contributed by atoms with van der Waals surface area (Å²) in [7, 11) is -3.92. The summed E-state index contributed by atoms with van der Waals surface area (Å²) in [5.41, 5.74) is 1.75. The number of sulfonamides is 1. The Morgan fingerprint density at radius 1 is 0.914 bits per heavy atom. The SMILES string of the molecule is CCOc1ccc(N(CC(=O)N2CCC(Cc3ccccc3)CC2)S(=O)(=O)c2ccccc2)cc1. The van der Waals surface area contributed by atoms with E-state index in [4.69, 9.17) is 4.74 Å². The van der Waals surface area contributed by atoms with Crippen molar-refractivity contribution in [1.29, 1.82) is 0 Å². The van der Waals surface area contributed by atoms with Crippen LogP contribution in [0.5, 0.6) is 5.75 Å². The molecule has 0 saturated carbocycles. The normalized spacial score (nSPS) is 14.5. The molecule has 1 heterocycles. The Hall–Kier alpha value is -3.32. The van der Waals surface area contributed by atoms with E-state index >= 15 is 0 Å². The van der Waals surface area contributed by atoms with E-state index in [0.717, 1.165) is 19.3 Å². The van der Waals surface area contributed by atoms with Crippen LogP contribution in [0.2, 0.25) is 0 Å². The largest absolute Gasteiger partial charge is 0.494 e. The Morgan fingerprint density at radius 2 is 1.51 bits per heavy atom. The second-order valence-corrected chi connectivity index (χ2v) is 10.6. The average Bonchev–Trinajstić information content (AvgIpc) is 2.89. The fraction of sp³-hybridized carbons (Fsp3) is 0.321. The number of anilines is 1. The second-order valence-electron chi connectivity index (χ2n) is 8.77. The molecule has 0 N–H and O–H groups in total. The summed E-state index contributed by atoms with van der Waals surface area (Å²) in [5, 5.41) is 0. The van der Waals surface area contributed by atoms with Crippen molar-refractivity contribution in [2.24, 2.45) is 5.92 Å². The van der Waals surface area contributed by atoms with Crippen LogP contribution in [0.1, 0.15) is 25.3 Å². The zero-order valence-corrected chi connectivity index (χ0v) is 20.9. The molecule has 1 fully saturated rings. The van der Waals surface area contributed by atoms with Crippen molar-refractivity contribution in [3.05, 3.63) is 90.5 Å². The molecule has 0 aromatic heterocycles. The number of hydrogen-bond donors (Lipinski definition) is 0. The third-order valence-corrected chi connectivity index (χ3v) is 8.17. The lowest BCUT2D eigenvalue weighted by Crippen LogP contribution is -2.46. The van der Waals surface area contributed by atoms with Gasteiger partial charge in [-0.2, -0.15) is 0 Å². The molecule has 7 heteroatoms. The van der Waals surface area contributed by atoms with Crippen LogP contribution in [0.25, 0.3) is 0 Å². The molecule has 35 heavy (non-hydrogen) atoms. The summed E-state index contributed by atoms with van der Waals surface area (Å²) < 4.78 is 33.8. The fourth-order valence-electron chi connectivity index (χ4n) is 4.47. The van der Waals surface area contributed by atoms with E-state index in [9.17, 15) is 13.2 Å². The molecule has 1 amide bonds. The van der Waals surface area contributed by atoms with E-state index in [0.29, 0.717) is 37.1 Å². The third kappa shape index (κ3) is 6.22. The van der Waals surface area contributed by atoms with Crippen LogP contribution in [0.3, 0.4) is 0 Å². The van der Waals surface area contributed by atoms with Gasteiger partial charge in [0, 0.05) is 13.1 Å². The van der Waals surface area contributed by atoms with Crippen molar-refractivity contribution < 1.29 is 17.9 Å². The van der Waals surface area contributed by atoms with Gasteiger partial charge in [-0.05, 0) is 74.1 Å². The van der Waals surface area contributed by atoms with Gasteiger partial charge < -0.3 is 9.64 Å². The number of carbonyl (C=O) groups excluding carboxylic acids is 1. The summed E-state index contributed by atoms with van der Waals surface area (Å²) in [6.07, 6.45) is 2.83. The van der Waals surface area contributed by atoms with Crippen LogP contribution in [-0.4, -0.2) is 45.5 Å². The number of piperidine rings is 1. The van der Waals surface area contributed by atoms with E-state index in [1.165, 1.54) is 9.87 Å². The zero-order chi connectivity index (χ0) is 24.7. The second kappa shape index (κ2) is 11.4. The van der Waals surface area contributed by atoms with E-state index in [1.54, 1.807) is 59.5 Å². The molecule has 0 aliphatic carbocycles. The molecule has 1 saturated heterocycles. The molecule has 3 aromatic carbocycles. The van der Waals surface area contributed by atoms with Crippen molar-refractivity contribution >= 4 is 21.6 Å². The van der Waals surface area contributed by atoms with Crippen LogP contribution in [0.4, 0.5) is 5.69 Å². The van der Waals surface area contributed by atoms with Crippen LogP contribution in [0, 0.1) is 5.92 Å². The van der Waals surface area contributed by atoms with Crippen LogP contribution >= 0.6 is 0 Å². The fourth-order valence-corrected chi connectivity index (χ4v) is 5.90. The number of hydrogen-bond acceptors (Lipinski definition) is 4. The van der Waals surface area contributed by atoms with Crippen molar-refractivity contribution in [3.8, 4) is 5.75 Å². The van der Waals surface area contributed by atoms with Crippen LogP contribution in [0.15, 0.2) is 89.8 Å². The lowest BCUT2D eigenvalue weighted by molar-refractivity contribution is -0.130. The van der Waals surface area contributed by atoms with Gasteiger partial charge in [0.2, 0.25) is 5.91 Å². The monoisotopic (exact) mass is 492 g/mol. The van der Waals surface area contributed by atoms with Crippen molar-refractivity contribution in [2.75, 3.05) is 30.5 Å². The predicted octanol–water partition coefficient (Wildman–Crippen LogP) is 4.76. The highest BCUT2D eigenvalue weighted by Crippen LogP contribution is 2.27. The minimum atomic E-state index is -3.92. The van der Waals surface area contributed by atoms with Gasteiger partial charge in [0.15, 0.2) is 0 Å². The minimum Gasteiger partial charge on any atom is -0.494 e. The summed E-state index contributed by atoms with van der Waals surface area (Å²) >= 11 is 0. The first-order valence-electron chi connectivity index (χ1n) is 12.1. The van der Waals surface area contributed by atoms with Gasteiger partial charge in [-0.1, -0.05) is 48.5 Å². The van der Waals surface area contributed by atoms with E-state index < -0.39 is 10.0 Å². The van der Waals surface area contributed by atoms with Gasteiger partial charge >= 0.3 is 0 Å². The zero-order valence-electron chi connectivity index (χ0n) is 20.0. The molecule has 1 aliphatic heterocycles. The smallest absolute Gasteiger partial charge is 0.264 e. The number of rotatable bonds is 9. The summed E-state index contributed by atoms with van der Waals surface area (Å²) in [5.74, 6) is 0.994. The standard InChI is InChI=1S/C28H32N2O4S/c1-2-34-26-15-13-25(14-16-26)30(35(32,33)27-11-7-4-8-12-27)22-28(31)29-19-17-24(18-20-29)21-23-9-5-3-6-10-23/h3-16,24H,2,17-22H2,1H3. The Kier molecular flexibility index (Phi) is 8.08. The molecule has 6 nitrogen and oxygen atoms in total. The number of amides is 1. The van der Waals surface area contributed by atoms with Crippen molar-refractivity contribution in [3.63, 3.8) is 0 Å². The van der Waals surface area contributed by atoms with Gasteiger partial charge in [-0.3, -0.25) is 9.10 Å². The number of likely N-dealkylation sites (tertiary alicyclic amines) is 1. The van der Waals surface area contributed by atoms with Crippen LogP contribution in [-0.2, 0) is 21.2 Å². The van der Waals surface area contributed by atoms with Gasteiger partial charge in [-0.15, -0.1) is 0 Å². The van der Waals surface area contributed by atoms with Gasteiger partial charge in [0.1, 0.15) is 12.3 Å². The molecule has 0 radical (unpaired) electrons. The van der Waals surface area contributed by atoms with E-state index in [2.05, 4.69) is 24.3 Å². The average molecular weight is 493 g/mol. The Bertz CT molecular complexity index is 1190. The summed E-state index contributed by atoms with van der Waals surface area (Å²) in [6, 6.07) is 25.5. The Morgan fingerprint density at radius 3 is 2.11 bits per heavy atom. The van der Waals surface area contributed by atoms with E-state index in [1.807, 2.05) is 13.0 Å². The number of carbonyl (C=O) groups is 1. The van der Waals surface area contributed by atoms with Crippen LogP contribution < -0.4 is 9.04 Å². The lowest BCUT2D eigenvalue weighted by atomic mass is 9.90. The minimum absolute atomic E-state index is 0.156. The first-order chi connectivity index (χ1) is 17.0. The van der Waals surface area contributed by atoms with Crippen molar-refractivity contribution in [2.45, 2.75) is 31.1 Å². The molecule has 0 bridgehead atoms. The molecular formula is C28H32N2O4S. The highest BCUT2D eigenvalue weighted by molar-refractivity contribution is 7.92. The third-order valence-electron chi connectivity index (χ3n) is 6.38. The molecule has 4 rings (SSSR count). The first kappa shape index (κ1) is 24.8. The molecule has 0 unspecified atom stereocenters. The highest BCUT2D eigenvalue weighted by Gasteiger charge is 2.30. The Balaban J connectivity index is 1.48.